The van der Waals surface area contributed by atoms with Crippen molar-refractivity contribution in [2.45, 2.75) is 19.0 Å². The van der Waals surface area contributed by atoms with E-state index in [0.717, 1.165) is 46.3 Å². The molecule has 4 rings (SSSR count). The zero-order chi connectivity index (χ0) is 17.2. The molecular formula is C20H20BrN3O. The fraction of sp³-hybridized carbons (Fsp3) is 0.250. The van der Waals surface area contributed by atoms with Crippen LogP contribution in [-0.4, -0.2) is 24.7 Å². The molecule has 2 heterocycles. The molecule has 1 atom stereocenters. The van der Waals surface area contributed by atoms with Gasteiger partial charge in [0.2, 0.25) is 0 Å². The van der Waals surface area contributed by atoms with Crippen LogP contribution in [0, 0.1) is 0 Å². The first kappa shape index (κ1) is 16.4. The van der Waals surface area contributed by atoms with Crippen LogP contribution in [0.2, 0.25) is 0 Å². The number of hydrogen-bond donors (Lipinski definition) is 2. The SMILES string of the molecule is COc1cc2nccc(NCC3Cc4ccccc4CN3)c2cc1Br. The van der Waals surface area contributed by atoms with Gasteiger partial charge in [-0.15, -0.1) is 0 Å². The summed E-state index contributed by atoms with van der Waals surface area (Å²) in [7, 11) is 1.67. The highest BCUT2D eigenvalue weighted by atomic mass is 79.9. The molecule has 25 heavy (non-hydrogen) atoms. The summed E-state index contributed by atoms with van der Waals surface area (Å²) < 4.78 is 6.30. The lowest BCUT2D eigenvalue weighted by Gasteiger charge is -2.27. The van der Waals surface area contributed by atoms with E-state index in [2.05, 4.69) is 61.9 Å². The summed E-state index contributed by atoms with van der Waals surface area (Å²) in [5, 5.41) is 8.29. The number of ether oxygens (including phenoxy) is 1. The molecule has 0 radical (unpaired) electrons. The maximum Gasteiger partial charge on any atom is 0.135 e. The first-order valence-electron chi connectivity index (χ1n) is 8.41. The van der Waals surface area contributed by atoms with Gasteiger partial charge in [0.15, 0.2) is 0 Å². The molecule has 3 aromatic rings. The van der Waals surface area contributed by atoms with E-state index in [1.807, 2.05) is 18.3 Å². The van der Waals surface area contributed by atoms with Gasteiger partial charge in [0.1, 0.15) is 5.75 Å². The van der Waals surface area contributed by atoms with Gasteiger partial charge < -0.3 is 15.4 Å². The topological polar surface area (TPSA) is 46.2 Å². The van der Waals surface area contributed by atoms with E-state index in [9.17, 15) is 0 Å². The molecule has 1 aliphatic heterocycles. The third-order valence-electron chi connectivity index (χ3n) is 4.72. The van der Waals surface area contributed by atoms with E-state index in [1.165, 1.54) is 11.1 Å². The van der Waals surface area contributed by atoms with E-state index in [4.69, 9.17) is 4.74 Å². The van der Waals surface area contributed by atoms with Crippen molar-refractivity contribution < 1.29 is 4.74 Å². The second-order valence-electron chi connectivity index (χ2n) is 6.29. The van der Waals surface area contributed by atoms with Crippen molar-refractivity contribution in [2.24, 2.45) is 0 Å². The van der Waals surface area contributed by atoms with Crippen LogP contribution in [0.5, 0.6) is 5.75 Å². The average molecular weight is 398 g/mol. The lowest BCUT2D eigenvalue weighted by Crippen LogP contribution is -2.40. The van der Waals surface area contributed by atoms with Crippen molar-refractivity contribution >= 4 is 32.5 Å². The number of aromatic nitrogens is 1. The molecule has 0 spiro atoms. The summed E-state index contributed by atoms with van der Waals surface area (Å²) in [5.41, 5.74) is 4.87. The van der Waals surface area contributed by atoms with Crippen molar-refractivity contribution in [3.8, 4) is 5.75 Å². The van der Waals surface area contributed by atoms with E-state index in [0.29, 0.717) is 6.04 Å². The zero-order valence-electron chi connectivity index (χ0n) is 14.1. The van der Waals surface area contributed by atoms with Crippen LogP contribution in [0.1, 0.15) is 11.1 Å². The molecule has 0 amide bonds. The number of methoxy groups -OCH3 is 1. The minimum atomic E-state index is 0.416. The van der Waals surface area contributed by atoms with Crippen LogP contribution in [0.3, 0.4) is 0 Å². The lowest BCUT2D eigenvalue weighted by molar-refractivity contribution is 0.412. The Labute approximate surface area is 155 Å². The number of halogens is 1. The maximum absolute atomic E-state index is 5.36. The molecule has 0 fully saturated rings. The van der Waals surface area contributed by atoms with Gasteiger partial charge in [-0.1, -0.05) is 24.3 Å². The van der Waals surface area contributed by atoms with Gasteiger partial charge in [-0.05, 0) is 45.6 Å². The molecule has 0 aliphatic carbocycles. The Morgan fingerprint density at radius 3 is 2.92 bits per heavy atom. The number of benzene rings is 2. The normalized spacial score (nSPS) is 16.5. The molecule has 0 saturated carbocycles. The van der Waals surface area contributed by atoms with Gasteiger partial charge in [-0.2, -0.15) is 0 Å². The van der Waals surface area contributed by atoms with Crippen molar-refractivity contribution in [1.29, 1.82) is 0 Å². The predicted octanol–water partition coefficient (Wildman–Crippen LogP) is 4.13. The van der Waals surface area contributed by atoms with Crippen LogP contribution in [0.25, 0.3) is 10.9 Å². The number of pyridine rings is 1. The zero-order valence-corrected chi connectivity index (χ0v) is 15.6. The fourth-order valence-electron chi connectivity index (χ4n) is 3.36. The number of rotatable bonds is 4. The largest absolute Gasteiger partial charge is 0.495 e. The van der Waals surface area contributed by atoms with Crippen molar-refractivity contribution in [2.75, 3.05) is 19.0 Å². The molecule has 0 saturated heterocycles. The first-order valence-corrected chi connectivity index (χ1v) is 9.20. The van der Waals surface area contributed by atoms with E-state index in [-0.39, 0.29) is 0 Å². The van der Waals surface area contributed by atoms with Crippen molar-refractivity contribution in [3.05, 3.63) is 64.3 Å². The minimum absolute atomic E-state index is 0.416. The summed E-state index contributed by atoms with van der Waals surface area (Å²) in [6.45, 7) is 1.81. The van der Waals surface area contributed by atoms with E-state index < -0.39 is 0 Å². The maximum atomic E-state index is 5.36. The molecule has 1 unspecified atom stereocenters. The van der Waals surface area contributed by atoms with Gasteiger partial charge in [0.05, 0.1) is 17.1 Å². The molecule has 1 aliphatic rings. The first-order chi connectivity index (χ1) is 12.2. The van der Waals surface area contributed by atoms with Crippen LogP contribution in [0.4, 0.5) is 5.69 Å². The molecule has 5 heteroatoms. The number of nitrogens with one attached hydrogen (secondary N) is 2. The second-order valence-corrected chi connectivity index (χ2v) is 7.15. The highest BCUT2D eigenvalue weighted by Crippen LogP contribution is 2.32. The molecule has 0 bridgehead atoms. The third kappa shape index (κ3) is 3.34. The highest BCUT2D eigenvalue weighted by Gasteiger charge is 2.17. The van der Waals surface area contributed by atoms with Gasteiger partial charge in [0, 0.05) is 42.5 Å². The van der Waals surface area contributed by atoms with Crippen LogP contribution >= 0.6 is 15.9 Å². The number of nitrogens with zero attached hydrogens (tertiary/aromatic N) is 1. The lowest BCUT2D eigenvalue weighted by atomic mass is 9.96. The summed E-state index contributed by atoms with van der Waals surface area (Å²) in [6, 6.07) is 15.1. The quantitative estimate of drug-likeness (QED) is 0.694. The Balaban J connectivity index is 1.53. The Bertz CT molecular complexity index is 913. The average Bonchev–Trinajstić information content (AvgIpc) is 2.65. The molecular weight excluding hydrogens is 378 g/mol. The third-order valence-corrected chi connectivity index (χ3v) is 5.34. The van der Waals surface area contributed by atoms with E-state index >= 15 is 0 Å². The van der Waals surface area contributed by atoms with Gasteiger partial charge in [0.25, 0.3) is 0 Å². The summed E-state index contributed by atoms with van der Waals surface area (Å²) in [4.78, 5) is 4.46. The van der Waals surface area contributed by atoms with Crippen molar-refractivity contribution in [3.63, 3.8) is 0 Å². The molecule has 2 aromatic carbocycles. The predicted molar refractivity (Wildman–Crippen MR) is 105 cm³/mol. The Morgan fingerprint density at radius 2 is 2.08 bits per heavy atom. The number of hydrogen-bond acceptors (Lipinski definition) is 4. The second kappa shape index (κ2) is 7.02. The van der Waals surface area contributed by atoms with Crippen LogP contribution < -0.4 is 15.4 Å². The van der Waals surface area contributed by atoms with Crippen molar-refractivity contribution in [1.82, 2.24) is 10.3 Å². The van der Waals surface area contributed by atoms with Gasteiger partial charge >= 0.3 is 0 Å². The van der Waals surface area contributed by atoms with Crippen LogP contribution in [0.15, 0.2) is 53.1 Å². The standard InChI is InChI=1S/C20H20BrN3O/c1-25-20-10-19-16(9-17(20)21)18(6-7-22-19)24-12-15-8-13-4-2-3-5-14(13)11-23-15/h2-7,9-10,15,23H,8,11-12H2,1H3,(H,22,24). The van der Waals surface area contributed by atoms with Gasteiger partial charge in [-0.3, -0.25) is 4.98 Å². The number of fused-ring (bicyclic) bond motifs is 2. The molecule has 1 aromatic heterocycles. The molecule has 4 nitrogen and oxygen atoms in total. The summed E-state index contributed by atoms with van der Waals surface area (Å²) in [5.74, 6) is 0.794. The monoisotopic (exact) mass is 397 g/mol. The number of anilines is 1. The highest BCUT2D eigenvalue weighted by molar-refractivity contribution is 9.10. The minimum Gasteiger partial charge on any atom is -0.495 e. The summed E-state index contributed by atoms with van der Waals surface area (Å²) in [6.07, 6.45) is 2.88. The Hall–Kier alpha value is -2.11. The smallest absolute Gasteiger partial charge is 0.135 e. The fourth-order valence-corrected chi connectivity index (χ4v) is 3.86. The molecule has 2 N–H and O–H groups in total. The Kier molecular flexibility index (Phi) is 4.59. The Morgan fingerprint density at radius 1 is 1.24 bits per heavy atom. The van der Waals surface area contributed by atoms with E-state index in [1.54, 1.807) is 7.11 Å². The molecule has 128 valence electrons. The van der Waals surface area contributed by atoms with Crippen LogP contribution in [-0.2, 0) is 13.0 Å². The summed E-state index contributed by atoms with van der Waals surface area (Å²) >= 11 is 3.56. The van der Waals surface area contributed by atoms with Gasteiger partial charge in [-0.25, -0.2) is 0 Å².